The summed E-state index contributed by atoms with van der Waals surface area (Å²) in [6.07, 6.45) is 13.2. The van der Waals surface area contributed by atoms with E-state index >= 15 is 0 Å². The fourth-order valence-corrected chi connectivity index (χ4v) is 12.1. The topological polar surface area (TPSA) is 91.3 Å². The number of aliphatic hydroxyl groups excluding tert-OH is 1. The number of esters is 2. The molecule has 0 aromatic heterocycles. The van der Waals surface area contributed by atoms with E-state index in [9.17, 15) is 14.7 Å². The molecule has 0 amide bonds. The van der Waals surface area contributed by atoms with Crippen LogP contribution in [-0.2, 0) is 28.5 Å². The van der Waals surface area contributed by atoms with E-state index < -0.39 is 5.41 Å². The first kappa shape index (κ1) is 27.6. The van der Waals surface area contributed by atoms with Crippen LogP contribution in [0.5, 0.6) is 0 Å². The largest absolute Gasteiger partial charge is 0.461 e. The fourth-order valence-electron chi connectivity index (χ4n) is 12.1. The van der Waals surface area contributed by atoms with Crippen LogP contribution < -0.4 is 0 Å². The van der Waals surface area contributed by atoms with Crippen LogP contribution >= 0.6 is 0 Å². The maximum atomic E-state index is 12.9. The quantitative estimate of drug-likeness (QED) is 0.321. The molecule has 7 aliphatic carbocycles. The molecule has 0 radical (unpaired) electrons. The Labute approximate surface area is 239 Å². The van der Waals surface area contributed by atoms with Gasteiger partial charge >= 0.3 is 11.9 Å². The summed E-state index contributed by atoms with van der Waals surface area (Å²) < 4.78 is 23.6. The van der Waals surface area contributed by atoms with Crippen molar-refractivity contribution in [3.63, 3.8) is 0 Å². The number of hydrogen-bond acceptors (Lipinski definition) is 7. The van der Waals surface area contributed by atoms with Gasteiger partial charge in [0.1, 0.15) is 24.9 Å². The van der Waals surface area contributed by atoms with Gasteiger partial charge in [0.15, 0.2) is 0 Å². The van der Waals surface area contributed by atoms with Crippen LogP contribution in [0.3, 0.4) is 0 Å². The standard InChI is InChI=1S/C33H50O7/c1-4-21-8-22-6-20-7-26(14-31(21,22)12-20)39-28(35)15-37-18-30(3,17-34)19-38-16-29(36)40-33(5-2)25-10-23-9-24-11-27(33)32(23,24)13-25/h20-27,34H,4-19H2,1-3H3. The lowest BCUT2D eigenvalue weighted by Crippen LogP contribution is -2.67. The van der Waals surface area contributed by atoms with Crippen LogP contribution in [0, 0.1) is 57.7 Å². The van der Waals surface area contributed by atoms with Crippen molar-refractivity contribution in [3.05, 3.63) is 0 Å². The number of carbonyl (C=O) groups is 2. The van der Waals surface area contributed by atoms with Crippen LogP contribution in [0.1, 0.15) is 91.4 Å². The third-order valence-electron chi connectivity index (χ3n) is 13.8. The van der Waals surface area contributed by atoms with Crippen molar-refractivity contribution in [3.8, 4) is 0 Å². The molecule has 224 valence electrons. The molecule has 0 aromatic rings. The first-order valence-electron chi connectivity index (χ1n) is 16.4. The van der Waals surface area contributed by atoms with E-state index in [0.29, 0.717) is 28.6 Å². The average molecular weight is 559 g/mol. The smallest absolute Gasteiger partial charge is 0.332 e. The second-order valence-corrected chi connectivity index (χ2v) is 15.5. The zero-order valence-electron chi connectivity index (χ0n) is 24.8. The van der Waals surface area contributed by atoms with Crippen molar-refractivity contribution in [2.45, 2.75) is 103 Å². The van der Waals surface area contributed by atoms with E-state index in [-0.39, 0.29) is 56.7 Å². The Hall–Kier alpha value is -1.18. The number of hydrogen-bond donors (Lipinski definition) is 1. The molecule has 7 saturated carbocycles. The summed E-state index contributed by atoms with van der Waals surface area (Å²) in [6, 6.07) is 0. The molecule has 4 bridgehead atoms. The minimum absolute atomic E-state index is 0.00914. The molecule has 7 rings (SSSR count). The van der Waals surface area contributed by atoms with E-state index in [4.69, 9.17) is 18.9 Å². The summed E-state index contributed by atoms with van der Waals surface area (Å²) in [4.78, 5) is 25.5. The third-order valence-corrected chi connectivity index (χ3v) is 13.8. The Morgan fingerprint density at radius 3 is 2.25 bits per heavy atom. The summed E-state index contributed by atoms with van der Waals surface area (Å²) >= 11 is 0. The summed E-state index contributed by atoms with van der Waals surface area (Å²) in [6.45, 7) is 6.19. The monoisotopic (exact) mass is 558 g/mol. The Bertz CT molecular complexity index is 1020. The second-order valence-electron chi connectivity index (χ2n) is 15.5. The van der Waals surface area contributed by atoms with Crippen molar-refractivity contribution in [2.75, 3.05) is 33.0 Å². The number of rotatable bonds is 13. The first-order valence-corrected chi connectivity index (χ1v) is 16.4. The molecule has 0 heterocycles. The molecule has 12 atom stereocenters. The number of carbonyl (C=O) groups excluding carboxylic acids is 2. The van der Waals surface area contributed by atoms with Gasteiger partial charge in [0.25, 0.3) is 0 Å². The lowest BCUT2D eigenvalue weighted by molar-refractivity contribution is -0.253. The molecule has 1 N–H and O–H groups in total. The van der Waals surface area contributed by atoms with Crippen molar-refractivity contribution >= 4 is 11.9 Å². The Kier molecular flexibility index (Phi) is 6.68. The van der Waals surface area contributed by atoms with E-state index in [1.165, 1.54) is 51.4 Å². The highest BCUT2D eigenvalue weighted by molar-refractivity contribution is 5.71. The molecule has 7 fully saturated rings. The van der Waals surface area contributed by atoms with Gasteiger partial charge in [-0.15, -0.1) is 0 Å². The van der Waals surface area contributed by atoms with Gasteiger partial charge in [-0.2, -0.15) is 0 Å². The van der Waals surface area contributed by atoms with E-state index in [1.807, 2.05) is 6.92 Å². The van der Waals surface area contributed by atoms with E-state index in [0.717, 1.165) is 42.9 Å². The second kappa shape index (κ2) is 9.67. The van der Waals surface area contributed by atoms with E-state index in [2.05, 4.69) is 13.8 Å². The van der Waals surface area contributed by atoms with Gasteiger partial charge in [-0.3, -0.25) is 0 Å². The zero-order chi connectivity index (χ0) is 27.9. The highest BCUT2D eigenvalue weighted by atomic mass is 16.6. The van der Waals surface area contributed by atoms with Gasteiger partial charge in [0, 0.05) is 11.3 Å². The van der Waals surface area contributed by atoms with Gasteiger partial charge < -0.3 is 24.1 Å². The number of ether oxygens (including phenoxy) is 4. The first-order chi connectivity index (χ1) is 19.2. The summed E-state index contributed by atoms with van der Waals surface area (Å²) in [5.41, 5.74) is -0.105. The van der Waals surface area contributed by atoms with Crippen LogP contribution in [0.4, 0.5) is 0 Å². The molecule has 7 nitrogen and oxygen atoms in total. The average Bonchev–Trinajstić information content (AvgIpc) is 3.47. The third kappa shape index (κ3) is 3.85. The van der Waals surface area contributed by atoms with Gasteiger partial charge in [-0.1, -0.05) is 27.2 Å². The van der Waals surface area contributed by atoms with Crippen molar-refractivity contribution < 1.29 is 33.6 Å². The highest BCUT2D eigenvalue weighted by Crippen LogP contribution is 2.84. The predicted octanol–water partition coefficient (Wildman–Crippen LogP) is 4.92. The molecule has 12 unspecified atom stereocenters. The SMILES string of the molecule is CCC1CC2CC3CC(OC(=O)COCC(C)(CO)COCC(=O)OC4(CC)C5CC6CC7CC4C67C5)CC12C3. The van der Waals surface area contributed by atoms with Crippen LogP contribution in [0.2, 0.25) is 0 Å². The minimum atomic E-state index is -0.717. The van der Waals surface area contributed by atoms with Gasteiger partial charge in [-0.25, -0.2) is 9.59 Å². The van der Waals surface area contributed by atoms with Crippen LogP contribution in [0.15, 0.2) is 0 Å². The van der Waals surface area contributed by atoms with Gasteiger partial charge in [0.2, 0.25) is 0 Å². The van der Waals surface area contributed by atoms with Crippen LogP contribution in [0.25, 0.3) is 0 Å². The summed E-state index contributed by atoms with van der Waals surface area (Å²) in [7, 11) is 0. The normalized spacial score (nSPS) is 48.2. The molecular formula is C33H50O7. The lowest BCUT2D eigenvalue weighted by Gasteiger charge is -2.69. The van der Waals surface area contributed by atoms with E-state index in [1.54, 1.807) is 0 Å². The zero-order valence-corrected chi connectivity index (χ0v) is 24.8. The molecule has 7 heteroatoms. The van der Waals surface area contributed by atoms with Gasteiger partial charge in [-0.05, 0) is 111 Å². The maximum absolute atomic E-state index is 12.9. The number of fused-ring (bicyclic) bond motifs is 2. The highest BCUT2D eigenvalue weighted by Gasteiger charge is 2.81. The molecule has 2 spiro atoms. The predicted molar refractivity (Wildman–Crippen MR) is 147 cm³/mol. The Morgan fingerprint density at radius 1 is 0.850 bits per heavy atom. The molecule has 7 aliphatic rings. The molecule has 40 heavy (non-hydrogen) atoms. The molecule has 0 aliphatic heterocycles. The van der Waals surface area contributed by atoms with Crippen LogP contribution in [-0.4, -0.2) is 61.8 Å². The molecular weight excluding hydrogens is 508 g/mol. The fraction of sp³-hybridized carbons (Fsp3) is 0.939. The summed E-state index contributed by atoms with van der Waals surface area (Å²) in [5.74, 6) is 4.51. The van der Waals surface area contributed by atoms with Crippen molar-refractivity contribution in [1.29, 1.82) is 0 Å². The molecule has 0 aromatic carbocycles. The van der Waals surface area contributed by atoms with Gasteiger partial charge in [0.05, 0.1) is 19.8 Å². The molecule has 0 saturated heterocycles. The summed E-state index contributed by atoms with van der Waals surface area (Å²) in [5, 5.41) is 10.0. The van der Waals surface area contributed by atoms with Crippen molar-refractivity contribution in [2.24, 2.45) is 57.7 Å². The van der Waals surface area contributed by atoms with Crippen molar-refractivity contribution in [1.82, 2.24) is 0 Å². The Balaban J connectivity index is 0.837. The number of aliphatic hydroxyl groups is 1. The maximum Gasteiger partial charge on any atom is 0.332 e. The minimum Gasteiger partial charge on any atom is -0.461 e. The lowest BCUT2D eigenvalue weighted by atomic mass is 9.36. The Morgan fingerprint density at radius 2 is 1.57 bits per heavy atom.